The number of phosphoric ester groups is 1. The quantitative estimate of drug-likeness (QED) is 0.339. The molecule has 150 valence electrons. The molecule has 1 fully saturated rings. The van der Waals surface area contributed by atoms with E-state index in [0.717, 1.165) is 49.4 Å². The van der Waals surface area contributed by atoms with Crippen LogP contribution in [-0.4, -0.2) is 36.3 Å². The van der Waals surface area contributed by atoms with Crippen LogP contribution in [0.15, 0.2) is 24.3 Å². The van der Waals surface area contributed by atoms with Crippen molar-refractivity contribution in [2.24, 2.45) is 5.92 Å². The molecule has 0 spiro atoms. The molecule has 2 aliphatic rings. The molecule has 1 aliphatic heterocycles. The molecular formula is C19H22N3Na2O5P. The molecule has 4 rings (SSSR count). The number of anilines is 1. The second-order valence-corrected chi connectivity index (χ2v) is 8.36. The van der Waals surface area contributed by atoms with E-state index < -0.39 is 7.82 Å². The van der Waals surface area contributed by atoms with Gasteiger partial charge in [0, 0.05) is 18.7 Å². The minimum atomic E-state index is -5.19. The Morgan fingerprint density at radius 1 is 1.17 bits per heavy atom. The molecule has 1 aliphatic carbocycles. The summed E-state index contributed by atoms with van der Waals surface area (Å²) >= 11 is 0. The number of morpholine rings is 1. The first-order valence-electron chi connectivity index (χ1n) is 9.44. The van der Waals surface area contributed by atoms with Crippen molar-refractivity contribution in [3.05, 3.63) is 35.5 Å². The zero-order valence-electron chi connectivity index (χ0n) is 17.7. The van der Waals surface area contributed by atoms with Crippen LogP contribution in [0, 0.1) is 5.92 Å². The number of benzene rings is 1. The van der Waals surface area contributed by atoms with Gasteiger partial charge in [0.05, 0.1) is 24.5 Å². The van der Waals surface area contributed by atoms with Gasteiger partial charge in [-0.2, -0.15) is 0 Å². The van der Waals surface area contributed by atoms with Crippen molar-refractivity contribution < 1.29 is 82.7 Å². The maximum atomic E-state index is 11.2. The van der Waals surface area contributed by atoms with Crippen LogP contribution in [0.1, 0.15) is 24.6 Å². The molecule has 2 aromatic rings. The summed E-state index contributed by atoms with van der Waals surface area (Å²) in [6.07, 6.45) is 2.84. The molecule has 0 bridgehead atoms. The van der Waals surface area contributed by atoms with Crippen LogP contribution in [0.5, 0.6) is 5.75 Å². The standard InChI is InChI=1S/C19H24N3O5P.2Na/c1-13-6-7-14-16(12-13)20-18(21-19(14)22-8-10-26-11-9-22)15-4-2-3-5-17(15)27-28(23,24)25;;/h2-5,13H,6-12H2,1H3,(H2,23,24,25);;/q;2*+1/p-2. The summed E-state index contributed by atoms with van der Waals surface area (Å²) in [7, 11) is -5.19. The normalized spacial score (nSPS) is 18.6. The summed E-state index contributed by atoms with van der Waals surface area (Å²) in [5.41, 5.74) is 2.53. The second-order valence-electron chi connectivity index (χ2n) is 7.28. The third-order valence-electron chi connectivity index (χ3n) is 5.15. The first-order valence-corrected chi connectivity index (χ1v) is 10.9. The van der Waals surface area contributed by atoms with Gasteiger partial charge in [0.15, 0.2) is 5.82 Å². The maximum Gasteiger partial charge on any atom is 1.00 e. The van der Waals surface area contributed by atoms with Gasteiger partial charge in [-0.1, -0.05) is 19.1 Å². The zero-order chi connectivity index (χ0) is 19.7. The zero-order valence-corrected chi connectivity index (χ0v) is 22.6. The van der Waals surface area contributed by atoms with Crippen LogP contribution in [-0.2, 0) is 22.1 Å². The second kappa shape index (κ2) is 11.2. The number of hydrogen-bond acceptors (Lipinski definition) is 8. The van der Waals surface area contributed by atoms with Crippen molar-refractivity contribution in [3.63, 3.8) is 0 Å². The number of phosphoric acid groups is 1. The molecule has 1 atom stereocenters. The molecule has 1 aromatic heterocycles. The van der Waals surface area contributed by atoms with Crippen LogP contribution in [0.3, 0.4) is 0 Å². The van der Waals surface area contributed by atoms with Crippen molar-refractivity contribution >= 4 is 13.6 Å². The minimum absolute atomic E-state index is 0. The third-order valence-corrected chi connectivity index (χ3v) is 5.57. The first-order chi connectivity index (χ1) is 13.4. The third kappa shape index (κ3) is 6.29. The Labute approximate surface area is 220 Å². The van der Waals surface area contributed by atoms with Gasteiger partial charge in [-0.3, -0.25) is 0 Å². The Morgan fingerprint density at radius 3 is 2.57 bits per heavy atom. The first kappa shape index (κ1) is 26.3. The molecule has 2 heterocycles. The number of aromatic nitrogens is 2. The van der Waals surface area contributed by atoms with Gasteiger partial charge in [-0.25, -0.2) is 9.97 Å². The Hall–Kier alpha value is 0.0100. The fourth-order valence-corrected chi connectivity index (χ4v) is 4.17. The van der Waals surface area contributed by atoms with Crippen molar-refractivity contribution in [1.82, 2.24) is 9.97 Å². The van der Waals surface area contributed by atoms with Crippen molar-refractivity contribution in [1.29, 1.82) is 0 Å². The molecule has 0 N–H and O–H groups in total. The van der Waals surface area contributed by atoms with E-state index >= 15 is 0 Å². The number of ether oxygens (including phenoxy) is 1. The number of para-hydroxylation sites is 1. The summed E-state index contributed by atoms with van der Waals surface area (Å²) in [6, 6.07) is 6.46. The molecule has 1 aromatic carbocycles. The van der Waals surface area contributed by atoms with Crippen LogP contribution >= 0.6 is 7.82 Å². The van der Waals surface area contributed by atoms with Crippen LogP contribution in [0.25, 0.3) is 11.4 Å². The number of rotatable bonds is 4. The number of fused-ring (bicyclic) bond motifs is 1. The summed E-state index contributed by atoms with van der Waals surface area (Å²) < 4.78 is 21.3. The molecule has 8 nitrogen and oxygen atoms in total. The Kier molecular flexibility index (Phi) is 9.84. The fraction of sp³-hybridized carbons (Fsp3) is 0.474. The van der Waals surface area contributed by atoms with Crippen molar-refractivity contribution in [2.75, 3.05) is 31.2 Å². The van der Waals surface area contributed by atoms with E-state index in [-0.39, 0.29) is 64.9 Å². The monoisotopic (exact) mass is 449 g/mol. The van der Waals surface area contributed by atoms with Gasteiger partial charge in [0.25, 0.3) is 0 Å². The van der Waals surface area contributed by atoms with Crippen LogP contribution < -0.4 is 78.3 Å². The summed E-state index contributed by atoms with van der Waals surface area (Å²) in [5.74, 6) is 1.71. The van der Waals surface area contributed by atoms with E-state index in [4.69, 9.17) is 14.7 Å². The predicted octanol–water partition coefficient (Wildman–Crippen LogP) is -4.68. The molecular weight excluding hydrogens is 427 g/mol. The average molecular weight is 449 g/mol. The molecule has 0 amide bonds. The van der Waals surface area contributed by atoms with Gasteiger partial charge in [0.1, 0.15) is 19.4 Å². The molecule has 0 saturated carbocycles. The summed E-state index contributed by atoms with van der Waals surface area (Å²) in [4.78, 5) is 34.0. The van der Waals surface area contributed by atoms with E-state index in [9.17, 15) is 14.4 Å². The topological polar surface area (TPSA) is 111 Å². The summed E-state index contributed by atoms with van der Waals surface area (Å²) in [6.45, 7) is 4.96. The van der Waals surface area contributed by atoms with Gasteiger partial charge >= 0.3 is 59.1 Å². The fourth-order valence-electron chi connectivity index (χ4n) is 3.77. The molecule has 1 saturated heterocycles. The van der Waals surface area contributed by atoms with Crippen molar-refractivity contribution in [3.8, 4) is 17.1 Å². The Balaban J connectivity index is 0.00000160. The molecule has 11 heteroatoms. The SMILES string of the molecule is CC1CCc2c(nc(-c3ccccc3OP(=O)([O-])[O-])nc2N2CCOCC2)C1.[Na+].[Na+]. The average Bonchev–Trinajstić information content (AvgIpc) is 2.67. The Bertz CT molecular complexity index is 921. The predicted molar refractivity (Wildman–Crippen MR) is 99.9 cm³/mol. The van der Waals surface area contributed by atoms with E-state index in [1.54, 1.807) is 18.2 Å². The van der Waals surface area contributed by atoms with Gasteiger partial charge < -0.3 is 28.5 Å². The van der Waals surface area contributed by atoms with Crippen LogP contribution in [0.4, 0.5) is 5.82 Å². The van der Waals surface area contributed by atoms with Gasteiger partial charge in [0.2, 0.25) is 0 Å². The smallest absolute Gasteiger partial charge is 0.780 e. The Morgan fingerprint density at radius 2 is 1.87 bits per heavy atom. The largest absolute Gasteiger partial charge is 1.00 e. The van der Waals surface area contributed by atoms with Crippen molar-refractivity contribution in [2.45, 2.75) is 26.2 Å². The maximum absolute atomic E-state index is 11.2. The van der Waals surface area contributed by atoms with Gasteiger partial charge in [-0.15, -0.1) is 0 Å². The van der Waals surface area contributed by atoms with Crippen LogP contribution in [0.2, 0.25) is 0 Å². The van der Waals surface area contributed by atoms with E-state index in [1.807, 2.05) is 0 Å². The number of hydrogen-bond donors (Lipinski definition) is 0. The molecule has 1 unspecified atom stereocenters. The summed E-state index contributed by atoms with van der Waals surface area (Å²) in [5, 5.41) is 0. The van der Waals surface area contributed by atoms with E-state index in [1.165, 1.54) is 6.07 Å². The van der Waals surface area contributed by atoms with E-state index in [2.05, 4.69) is 16.3 Å². The number of nitrogens with zero attached hydrogens (tertiary/aromatic N) is 3. The van der Waals surface area contributed by atoms with Gasteiger partial charge in [-0.05, 0) is 37.3 Å². The van der Waals surface area contributed by atoms with E-state index in [0.29, 0.717) is 30.5 Å². The molecule has 30 heavy (non-hydrogen) atoms. The minimum Gasteiger partial charge on any atom is -0.780 e. The molecule has 0 radical (unpaired) electrons.